The summed E-state index contributed by atoms with van der Waals surface area (Å²) >= 11 is 0. The fraction of sp³-hybridized carbons (Fsp3) is 0.364. The number of ketones is 1. The summed E-state index contributed by atoms with van der Waals surface area (Å²) in [5, 5.41) is 1.87. The van der Waals surface area contributed by atoms with Gasteiger partial charge in [-0.15, -0.1) is 0 Å². The molecular weight excluding hydrogens is 508 g/mol. The second-order valence-corrected chi connectivity index (χ2v) is 10.4. The predicted octanol–water partition coefficient (Wildman–Crippen LogP) is 6.78. The third kappa shape index (κ3) is 5.46. The molecule has 0 aliphatic carbocycles. The molecule has 0 spiro atoms. The van der Waals surface area contributed by atoms with Crippen LogP contribution in [0.1, 0.15) is 84.8 Å². The van der Waals surface area contributed by atoms with Crippen LogP contribution in [0.3, 0.4) is 0 Å². The van der Waals surface area contributed by atoms with Gasteiger partial charge in [-0.25, -0.2) is 4.79 Å². The Morgan fingerprint density at radius 1 is 0.925 bits per heavy atom. The average Bonchev–Trinajstić information content (AvgIpc) is 2.94. The number of methoxy groups -OCH3 is 2. The molecule has 1 unspecified atom stereocenters. The van der Waals surface area contributed by atoms with Gasteiger partial charge in [0.15, 0.2) is 0 Å². The van der Waals surface area contributed by atoms with E-state index >= 15 is 0 Å². The van der Waals surface area contributed by atoms with Crippen LogP contribution in [-0.2, 0) is 14.3 Å². The Labute approximate surface area is 234 Å². The number of Topliss-reactive ketones (excluding diaryl/α,β-unsaturated/α-hetero) is 1. The zero-order valence-corrected chi connectivity index (χ0v) is 23.2. The lowest BCUT2D eigenvalue weighted by Crippen LogP contribution is -2.24. The number of allylic oxidation sites excluding steroid dienone is 1. The van der Waals surface area contributed by atoms with E-state index in [1.54, 1.807) is 13.2 Å². The van der Waals surface area contributed by atoms with Gasteiger partial charge in [0.2, 0.25) is 0 Å². The van der Waals surface area contributed by atoms with E-state index in [0.29, 0.717) is 60.3 Å². The van der Waals surface area contributed by atoms with E-state index in [9.17, 15) is 14.4 Å². The Bertz CT molecular complexity index is 1490. The standard InChI is InChI=1S/C33H34O7/c1-20-10-9-13-22(34)12-6-4-5-11-21-18-28-31(32(38-3)30(21)33(36)39-20)26(19-29(35)40-28)24-16-17-27(37-2)25-15-8-7-14-23(24)25/h5,7-8,11,14-18,20,26H,4,6,9-10,12-13,19H2,1-3H3/t20-,26?/m0/s1. The highest BCUT2D eigenvalue weighted by Crippen LogP contribution is 2.49. The number of esters is 2. The van der Waals surface area contributed by atoms with Gasteiger partial charge in [-0.3, -0.25) is 9.59 Å². The molecule has 0 saturated heterocycles. The van der Waals surface area contributed by atoms with Crippen molar-refractivity contribution < 1.29 is 33.3 Å². The van der Waals surface area contributed by atoms with Gasteiger partial charge in [0.1, 0.15) is 28.6 Å². The van der Waals surface area contributed by atoms with Gasteiger partial charge in [-0.2, -0.15) is 0 Å². The Kier molecular flexibility index (Phi) is 8.19. The maximum absolute atomic E-state index is 13.7. The minimum atomic E-state index is -0.509. The lowest BCUT2D eigenvalue weighted by molar-refractivity contribution is -0.135. The molecule has 0 amide bonds. The first-order chi connectivity index (χ1) is 19.4. The summed E-state index contributed by atoms with van der Waals surface area (Å²) in [6.45, 7) is 1.84. The van der Waals surface area contributed by atoms with Gasteiger partial charge in [0.05, 0.1) is 26.7 Å². The van der Waals surface area contributed by atoms with Crippen LogP contribution in [0.15, 0.2) is 48.5 Å². The first-order valence-corrected chi connectivity index (χ1v) is 13.8. The minimum Gasteiger partial charge on any atom is -0.496 e. The van der Waals surface area contributed by atoms with Gasteiger partial charge in [-0.05, 0) is 61.3 Å². The van der Waals surface area contributed by atoms with E-state index in [4.69, 9.17) is 18.9 Å². The van der Waals surface area contributed by atoms with Crippen LogP contribution in [-0.4, -0.2) is 38.0 Å². The first kappa shape index (κ1) is 27.4. The quantitative estimate of drug-likeness (QED) is 0.266. The molecule has 40 heavy (non-hydrogen) atoms. The lowest BCUT2D eigenvalue weighted by atomic mass is 9.81. The highest BCUT2D eigenvalue weighted by Gasteiger charge is 2.37. The fourth-order valence-corrected chi connectivity index (χ4v) is 5.75. The zero-order chi connectivity index (χ0) is 28.2. The molecule has 0 N–H and O–H groups in total. The third-order valence-corrected chi connectivity index (χ3v) is 7.68. The SMILES string of the molecule is COc1c2c(cc3c1C(c1ccc(OC)c4ccccc14)CC(=O)O3)C=CCCCC(=O)CCC[C@H](C)OC2=O. The molecule has 2 aliphatic heterocycles. The number of ether oxygens (including phenoxy) is 4. The molecule has 0 bridgehead atoms. The highest BCUT2D eigenvalue weighted by atomic mass is 16.5. The van der Waals surface area contributed by atoms with E-state index in [-0.39, 0.29) is 24.3 Å². The minimum absolute atomic E-state index is 0.0911. The zero-order valence-electron chi connectivity index (χ0n) is 23.2. The van der Waals surface area contributed by atoms with Crippen molar-refractivity contribution in [1.29, 1.82) is 0 Å². The molecule has 5 rings (SSSR count). The van der Waals surface area contributed by atoms with Gasteiger partial charge < -0.3 is 18.9 Å². The average molecular weight is 543 g/mol. The van der Waals surface area contributed by atoms with E-state index < -0.39 is 11.9 Å². The number of rotatable bonds is 3. The van der Waals surface area contributed by atoms with Crippen LogP contribution in [0.5, 0.6) is 17.2 Å². The monoisotopic (exact) mass is 542 g/mol. The van der Waals surface area contributed by atoms with E-state index in [2.05, 4.69) is 0 Å². The number of carbonyl (C=O) groups is 3. The summed E-state index contributed by atoms with van der Waals surface area (Å²) in [6.07, 6.45) is 7.14. The molecule has 2 aliphatic rings. The fourth-order valence-electron chi connectivity index (χ4n) is 5.75. The largest absolute Gasteiger partial charge is 0.496 e. The van der Waals surface area contributed by atoms with Crippen molar-refractivity contribution in [3.63, 3.8) is 0 Å². The first-order valence-electron chi connectivity index (χ1n) is 13.8. The number of carbonyl (C=O) groups excluding carboxylic acids is 3. The maximum Gasteiger partial charge on any atom is 0.342 e. The molecule has 3 aromatic carbocycles. The molecule has 7 nitrogen and oxygen atoms in total. The van der Waals surface area contributed by atoms with Crippen LogP contribution in [0.25, 0.3) is 16.8 Å². The van der Waals surface area contributed by atoms with Crippen LogP contribution >= 0.6 is 0 Å². The van der Waals surface area contributed by atoms with Crippen LogP contribution in [0.4, 0.5) is 0 Å². The van der Waals surface area contributed by atoms with E-state index in [1.165, 1.54) is 7.11 Å². The Morgan fingerprint density at radius 3 is 2.48 bits per heavy atom. The van der Waals surface area contributed by atoms with Crippen LogP contribution in [0, 0.1) is 0 Å². The molecule has 0 saturated carbocycles. The van der Waals surface area contributed by atoms with Crippen molar-refractivity contribution in [2.45, 2.75) is 63.9 Å². The summed E-state index contributed by atoms with van der Waals surface area (Å²) in [7, 11) is 3.15. The number of hydrogen-bond acceptors (Lipinski definition) is 7. The van der Waals surface area contributed by atoms with Crippen molar-refractivity contribution in [3.8, 4) is 17.2 Å². The smallest absolute Gasteiger partial charge is 0.342 e. The molecule has 0 fully saturated rings. The summed E-state index contributed by atoms with van der Waals surface area (Å²) in [5.41, 5.74) is 2.40. The van der Waals surface area contributed by atoms with Crippen molar-refractivity contribution in [1.82, 2.24) is 0 Å². The van der Waals surface area contributed by atoms with Crippen molar-refractivity contribution in [3.05, 3.63) is 70.8 Å². The van der Waals surface area contributed by atoms with Crippen molar-refractivity contribution in [2.75, 3.05) is 14.2 Å². The number of cyclic esters (lactones) is 1. The summed E-state index contributed by atoms with van der Waals surface area (Å²) in [5.74, 6) is 0.375. The third-order valence-electron chi connectivity index (χ3n) is 7.68. The molecule has 2 heterocycles. The number of hydrogen-bond donors (Lipinski definition) is 0. The number of fused-ring (bicyclic) bond motifs is 3. The Morgan fingerprint density at radius 2 is 1.70 bits per heavy atom. The van der Waals surface area contributed by atoms with Crippen molar-refractivity contribution >= 4 is 34.6 Å². The molecule has 0 aromatic heterocycles. The summed E-state index contributed by atoms with van der Waals surface area (Å²) in [6, 6.07) is 13.5. The van der Waals surface area contributed by atoms with Gasteiger partial charge in [0.25, 0.3) is 0 Å². The second-order valence-electron chi connectivity index (χ2n) is 10.4. The topological polar surface area (TPSA) is 88.1 Å². The van der Waals surface area contributed by atoms with Gasteiger partial charge in [0, 0.05) is 29.7 Å². The molecule has 208 valence electrons. The molecule has 7 heteroatoms. The lowest BCUT2D eigenvalue weighted by Gasteiger charge is -2.29. The molecule has 0 radical (unpaired) electrons. The van der Waals surface area contributed by atoms with Gasteiger partial charge >= 0.3 is 11.9 Å². The van der Waals surface area contributed by atoms with Crippen molar-refractivity contribution in [2.24, 2.45) is 0 Å². The molecule has 2 atom stereocenters. The number of benzene rings is 3. The summed E-state index contributed by atoms with van der Waals surface area (Å²) < 4.78 is 23.2. The second kappa shape index (κ2) is 11.9. The molecule has 3 aromatic rings. The molecular formula is C33H34O7. The Balaban J connectivity index is 1.69. The maximum atomic E-state index is 13.7. The van der Waals surface area contributed by atoms with E-state index in [0.717, 1.165) is 28.5 Å². The normalized spacial score (nSPS) is 20.1. The van der Waals surface area contributed by atoms with Crippen LogP contribution < -0.4 is 14.2 Å². The van der Waals surface area contributed by atoms with Crippen LogP contribution in [0.2, 0.25) is 0 Å². The predicted molar refractivity (Wildman–Crippen MR) is 152 cm³/mol. The Hall–Kier alpha value is -4.13. The van der Waals surface area contributed by atoms with E-state index in [1.807, 2.05) is 55.5 Å². The van der Waals surface area contributed by atoms with Gasteiger partial charge in [-0.1, -0.05) is 42.5 Å². The summed E-state index contributed by atoms with van der Waals surface area (Å²) in [4.78, 5) is 38.8. The highest BCUT2D eigenvalue weighted by molar-refractivity contribution is 5.99.